The number of pyridine rings is 2. The van der Waals surface area contributed by atoms with E-state index in [0.29, 0.717) is 22.2 Å². The smallest absolute Gasteiger partial charge is 0.219 e. The molecule has 3 heterocycles. The minimum absolute atomic E-state index is 0.253. The zero-order valence-electron chi connectivity index (χ0n) is 11.2. The molecular weight excluding hydrogens is 304 g/mol. The van der Waals surface area contributed by atoms with E-state index in [1.54, 1.807) is 24.3 Å². The molecule has 3 rings (SSSR count). The zero-order chi connectivity index (χ0) is 15.4. The molecule has 0 N–H and O–H groups in total. The van der Waals surface area contributed by atoms with Crippen molar-refractivity contribution in [2.24, 2.45) is 0 Å². The monoisotopic (exact) mass is 312 g/mol. The van der Waals surface area contributed by atoms with Crippen molar-refractivity contribution >= 4 is 17.4 Å². The normalized spacial score (nSPS) is 10.2. The second-order valence-electron chi connectivity index (χ2n) is 4.25. The largest absolute Gasteiger partial charge is 0.437 e. The predicted molar refractivity (Wildman–Crippen MR) is 79.0 cm³/mol. The summed E-state index contributed by atoms with van der Waals surface area (Å²) >= 11 is 5.75. The Morgan fingerprint density at radius 1 is 0.955 bits per heavy atom. The van der Waals surface area contributed by atoms with Gasteiger partial charge in [0.1, 0.15) is 17.8 Å². The van der Waals surface area contributed by atoms with E-state index in [2.05, 4.69) is 19.9 Å². The van der Waals surface area contributed by atoms with Crippen molar-refractivity contribution in [2.45, 2.75) is 0 Å². The molecule has 0 saturated heterocycles. The third-order valence-electron chi connectivity index (χ3n) is 2.71. The van der Waals surface area contributed by atoms with Crippen LogP contribution in [0.4, 0.5) is 0 Å². The molecule has 0 amide bonds. The van der Waals surface area contributed by atoms with Crippen molar-refractivity contribution in [3.63, 3.8) is 0 Å². The highest BCUT2D eigenvalue weighted by molar-refractivity contribution is 6.30. The highest BCUT2D eigenvalue weighted by Crippen LogP contribution is 2.20. The Hall–Kier alpha value is -2.86. The Bertz CT molecular complexity index is 777. The molecule has 0 unspecified atom stereocenters. The van der Waals surface area contributed by atoms with Crippen molar-refractivity contribution in [3.8, 4) is 11.6 Å². The van der Waals surface area contributed by atoms with Crippen LogP contribution in [0.5, 0.6) is 11.6 Å². The van der Waals surface area contributed by atoms with Gasteiger partial charge in [-0.2, -0.15) is 0 Å². The highest BCUT2D eigenvalue weighted by Gasteiger charge is 2.11. The van der Waals surface area contributed by atoms with Crippen LogP contribution in [0, 0.1) is 0 Å². The van der Waals surface area contributed by atoms with E-state index < -0.39 is 0 Å². The molecule has 22 heavy (non-hydrogen) atoms. The predicted octanol–water partition coefficient (Wildman–Crippen LogP) is 2.94. The van der Waals surface area contributed by atoms with Gasteiger partial charge in [-0.3, -0.25) is 4.79 Å². The van der Waals surface area contributed by atoms with Gasteiger partial charge in [0.15, 0.2) is 0 Å². The third kappa shape index (κ3) is 3.24. The number of rotatable bonds is 4. The van der Waals surface area contributed by atoms with Crippen molar-refractivity contribution in [2.75, 3.05) is 0 Å². The first kappa shape index (κ1) is 14.1. The van der Waals surface area contributed by atoms with Crippen LogP contribution in [0.3, 0.4) is 0 Å². The average molecular weight is 313 g/mol. The van der Waals surface area contributed by atoms with E-state index in [0.717, 1.165) is 0 Å². The topological polar surface area (TPSA) is 77.9 Å². The van der Waals surface area contributed by atoms with Crippen molar-refractivity contribution in [1.82, 2.24) is 19.9 Å². The lowest BCUT2D eigenvalue weighted by atomic mass is 10.1. The summed E-state index contributed by atoms with van der Waals surface area (Å²) in [5, 5.41) is 0.525. The summed E-state index contributed by atoms with van der Waals surface area (Å²) in [6.45, 7) is 0. The van der Waals surface area contributed by atoms with Gasteiger partial charge in [-0.05, 0) is 18.2 Å². The molecule has 3 aromatic heterocycles. The van der Waals surface area contributed by atoms with Crippen LogP contribution in [0.15, 0.2) is 55.4 Å². The van der Waals surface area contributed by atoms with E-state index >= 15 is 0 Å². The van der Waals surface area contributed by atoms with Crippen LogP contribution in [-0.2, 0) is 0 Å². The number of aromatic nitrogens is 4. The standard InChI is InChI=1S/C15H9ClN4O2/c16-11-1-4-14(20-7-11)22-12-2-3-13(19-8-12)15(21)10-5-17-9-18-6-10/h1-9H. The lowest BCUT2D eigenvalue weighted by Crippen LogP contribution is -2.04. The van der Waals surface area contributed by atoms with E-state index in [1.165, 1.54) is 31.1 Å². The fraction of sp³-hybridized carbons (Fsp3) is 0. The van der Waals surface area contributed by atoms with Crippen LogP contribution >= 0.6 is 11.6 Å². The van der Waals surface area contributed by atoms with Crippen LogP contribution in [0.1, 0.15) is 16.1 Å². The van der Waals surface area contributed by atoms with Crippen molar-refractivity contribution in [3.05, 3.63) is 71.7 Å². The molecule has 0 fully saturated rings. The second kappa shape index (κ2) is 6.28. The lowest BCUT2D eigenvalue weighted by Gasteiger charge is -2.05. The fourth-order valence-corrected chi connectivity index (χ4v) is 1.79. The molecule has 6 nitrogen and oxygen atoms in total. The average Bonchev–Trinajstić information content (AvgIpc) is 2.58. The minimum atomic E-state index is -0.253. The second-order valence-corrected chi connectivity index (χ2v) is 4.69. The summed E-state index contributed by atoms with van der Waals surface area (Å²) in [4.78, 5) is 27.9. The molecule has 3 aromatic rings. The molecule has 0 aromatic carbocycles. The number of carbonyl (C=O) groups is 1. The zero-order valence-corrected chi connectivity index (χ0v) is 11.9. The number of ketones is 1. The van der Waals surface area contributed by atoms with Crippen LogP contribution in [0.2, 0.25) is 5.02 Å². The van der Waals surface area contributed by atoms with Gasteiger partial charge >= 0.3 is 0 Å². The summed E-state index contributed by atoms with van der Waals surface area (Å²) in [6, 6.07) is 6.52. The molecule has 0 saturated carbocycles. The summed E-state index contributed by atoms with van der Waals surface area (Å²) in [6.07, 6.45) is 7.18. The molecule has 108 valence electrons. The van der Waals surface area contributed by atoms with Gasteiger partial charge < -0.3 is 4.74 Å². The first-order chi connectivity index (χ1) is 10.7. The molecule has 0 aliphatic carbocycles. The van der Waals surface area contributed by atoms with Gasteiger partial charge in [0.2, 0.25) is 11.7 Å². The Balaban J connectivity index is 1.75. The quantitative estimate of drug-likeness (QED) is 0.689. The van der Waals surface area contributed by atoms with Gasteiger partial charge in [-0.15, -0.1) is 0 Å². The Kier molecular flexibility index (Phi) is 4.02. The van der Waals surface area contributed by atoms with Crippen LogP contribution in [-0.4, -0.2) is 25.7 Å². The van der Waals surface area contributed by atoms with Gasteiger partial charge in [0, 0.05) is 24.7 Å². The summed E-state index contributed by atoms with van der Waals surface area (Å²) in [5.41, 5.74) is 0.661. The van der Waals surface area contributed by atoms with E-state index in [9.17, 15) is 4.79 Å². The maximum Gasteiger partial charge on any atom is 0.219 e. The maximum atomic E-state index is 12.1. The fourth-order valence-electron chi connectivity index (χ4n) is 1.68. The summed E-state index contributed by atoms with van der Waals surface area (Å²) in [7, 11) is 0. The minimum Gasteiger partial charge on any atom is -0.437 e. The maximum absolute atomic E-state index is 12.1. The van der Waals surface area contributed by atoms with Gasteiger partial charge in [-0.25, -0.2) is 19.9 Å². The summed E-state index contributed by atoms with van der Waals surface area (Å²) < 4.78 is 5.51. The van der Waals surface area contributed by atoms with Gasteiger partial charge in [0.05, 0.1) is 16.8 Å². The number of halogens is 1. The number of nitrogens with zero attached hydrogens (tertiary/aromatic N) is 4. The van der Waals surface area contributed by atoms with Gasteiger partial charge in [0.25, 0.3) is 0 Å². The number of carbonyl (C=O) groups excluding carboxylic acids is 1. The molecule has 0 atom stereocenters. The van der Waals surface area contributed by atoms with E-state index in [4.69, 9.17) is 16.3 Å². The molecule has 0 aliphatic heterocycles. The number of ether oxygens (including phenoxy) is 1. The first-order valence-corrected chi connectivity index (χ1v) is 6.65. The first-order valence-electron chi connectivity index (χ1n) is 6.27. The van der Waals surface area contributed by atoms with E-state index in [1.807, 2.05) is 0 Å². The highest BCUT2D eigenvalue weighted by atomic mass is 35.5. The molecule has 7 heteroatoms. The Morgan fingerprint density at radius 2 is 1.77 bits per heavy atom. The molecular formula is C15H9ClN4O2. The van der Waals surface area contributed by atoms with Crippen molar-refractivity contribution < 1.29 is 9.53 Å². The van der Waals surface area contributed by atoms with Crippen molar-refractivity contribution in [1.29, 1.82) is 0 Å². The van der Waals surface area contributed by atoms with Crippen LogP contribution < -0.4 is 4.74 Å². The van der Waals surface area contributed by atoms with Gasteiger partial charge in [-0.1, -0.05) is 11.6 Å². The Morgan fingerprint density at radius 3 is 2.41 bits per heavy atom. The Labute approximate surface area is 130 Å². The molecule has 0 radical (unpaired) electrons. The van der Waals surface area contributed by atoms with Crippen LogP contribution in [0.25, 0.3) is 0 Å². The number of hydrogen-bond acceptors (Lipinski definition) is 6. The lowest BCUT2D eigenvalue weighted by molar-refractivity contribution is 0.103. The summed E-state index contributed by atoms with van der Waals surface area (Å²) in [5.74, 6) is 0.606. The van der Waals surface area contributed by atoms with E-state index in [-0.39, 0.29) is 11.5 Å². The molecule has 0 bridgehead atoms. The molecule has 0 spiro atoms. The molecule has 0 aliphatic rings. The third-order valence-corrected chi connectivity index (χ3v) is 2.94. The number of hydrogen-bond donors (Lipinski definition) is 0. The SMILES string of the molecule is O=C(c1cncnc1)c1ccc(Oc2ccc(Cl)cn2)cn1.